The van der Waals surface area contributed by atoms with E-state index in [0.29, 0.717) is 6.42 Å². The summed E-state index contributed by atoms with van der Waals surface area (Å²) in [4.78, 5) is 22.0. The van der Waals surface area contributed by atoms with Gasteiger partial charge in [0.15, 0.2) is 0 Å². The average molecular weight is 213 g/mol. The first-order valence-corrected chi connectivity index (χ1v) is 5.13. The lowest BCUT2D eigenvalue weighted by Crippen LogP contribution is -2.31. The molecule has 0 rings (SSSR count). The minimum atomic E-state index is -0.852. The third-order valence-electron chi connectivity index (χ3n) is 1.93. The molecule has 0 bridgehead atoms. The van der Waals surface area contributed by atoms with Crippen LogP contribution in [0.1, 0.15) is 33.6 Å². The summed E-state index contributed by atoms with van der Waals surface area (Å²) in [5, 5.41) is 11.4. The maximum Gasteiger partial charge on any atom is 0.308 e. The fourth-order valence-corrected chi connectivity index (χ4v) is 1.20. The summed E-state index contributed by atoms with van der Waals surface area (Å²) in [6.45, 7) is 5.76. The zero-order chi connectivity index (χ0) is 11.8. The van der Waals surface area contributed by atoms with Gasteiger partial charge in [0, 0.05) is 12.6 Å². The molecular formula is C11H19NO3. The molecule has 0 radical (unpaired) electrons. The van der Waals surface area contributed by atoms with Crippen LogP contribution in [0.3, 0.4) is 0 Å². The first-order chi connectivity index (χ1) is 6.97. The Morgan fingerprint density at radius 1 is 1.40 bits per heavy atom. The van der Waals surface area contributed by atoms with Gasteiger partial charge in [0.2, 0.25) is 5.91 Å². The van der Waals surface area contributed by atoms with E-state index in [-0.39, 0.29) is 12.5 Å². The largest absolute Gasteiger partial charge is 0.481 e. The van der Waals surface area contributed by atoms with Crippen LogP contribution in [0.2, 0.25) is 0 Å². The quantitative estimate of drug-likeness (QED) is 0.658. The molecule has 1 unspecified atom stereocenters. The molecule has 1 amide bonds. The number of rotatable bonds is 6. The molecule has 1 atom stereocenters. The van der Waals surface area contributed by atoms with Crippen LogP contribution < -0.4 is 5.32 Å². The van der Waals surface area contributed by atoms with Crippen molar-refractivity contribution in [3.63, 3.8) is 0 Å². The van der Waals surface area contributed by atoms with Crippen LogP contribution >= 0.6 is 0 Å². The van der Waals surface area contributed by atoms with Crippen molar-refractivity contribution in [2.75, 3.05) is 6.54 Å². The third kappa shape index (κ3) is 6.71. The summed E-state index contributed by atoms with van der Waals surface area (Å²) in [5.41, 5.74) is 0.898. The van der Waals surface area contributed by atoms with Gasteiger partial charge in [-0.05, 0) is 20.3 Å². The highest BCUT2D eigenvalue weighted by Gasteiger charge is 2.16. The summed E-state index contributed by atoms with van der Waals surface area (Å²) >= 11 is 0. The number of amides is 1. The van der Waals surface area contributed by atoms with E-state index in [0.717, 1.165) is 12.0 Å². The SMILES string of the molecule is CCCC(CNC(=O)C=C(C)C)C(=O)O. The summed E-state index contributed by atoms with van der Waals surface area (Å²) in [5.74, 6) is -1.56. The van der Waals surface area contributed by atoms with Crippen molar-refractivity contribution in [2.24, 2.45) is 5.92 Å². The predicted octanol–water partition coefficient (Wildman–Crippen LogP) is 1.57. The number of nitrogens with one attached hydrogen (secondary N) is 1. The lowest BCUT2D eigenvalue weighted by Gasteiger charge is -2.11. The molecule has 0 saturated heterocycles. The number of hydrogen-bond acceptors (Lipinski definition) is 2. The van der Waals surface area contributed by atoms with Gasteiger partial charge in [0.05, 0.1) is 5.92 Å². The zero-order valence-electron chi connectivity index (χ0n) is 9.54. The van der Waals surface area contributed by atoms with Crippen LogP contribution in [0.4, 0.5) is 0 Å². The number of hydrogen-bond donors (Lipinski definition) is 2. The van der Waals surface area contributed by atoms with E-state index < -0.39 is 11.9 Å². The highest BCUT2D eigenvalue weighted by molar-refractivity contribution is 5.88. The van der Waals surface area contributed by atoms with Gasteiger partial charge >= 0.3 is 5.97 Å². The van der Waals surface area contributed by atoms with Gasteiger partial charge in [0.1, 0.15) is 0 Å². The van der Waals surface area contributed by atoms with E-state index in [2.05, 4.69) is 5.32 Å². The molecule has 4 heteroatoms. The van der Waals surface area contributed by atoms with Gasteiger partial charge in [-0.25, -0.2) is 0 Å². The molecule has 0 aromatic carbocycles. The molecule has 4 nitrogen and oxygen atoms in total. The summed E-state index contributed by atoms with van der Waals surface area (Å²) in [7, 11) is 0. The van der Waals surface area contributed by atoms with Crippen molar-refractivity contribution in [3.05, 3.63) is 11.6 Å². The number of carbonyl (C=O) groups excluding carboxylic acids is 1. The Hall–Kier alpha value is -1.32. The lowest BCUT2D eigenvalue weighted by atomic mass is 10.0. The molecule has 0 heterocycles. The molecule has 15 heavy (non-hydrogen) atoms. The number of allylic oxidation sites excluding steroid dienone is 1. The molecule has 0 aliphatic carbocycles. The monoisotopic (exact) mass is 213 g/mol. The van der Waals surface area contributed by atoms with Gasteiger partial charge in [-0.1, -0.05) is 18.9 Å². The van der Waals surface area contributed by atoms with Crippen LogP contribution in [0.5, 0.6) is 0 Å². The van der Waals surface area contributed by atoms with Crippen molar-refractivity contribution in [1.82, 2.24) is 5.32 Å². The fourth-order valence-electron chi connectivity index (χ4n) is 1.20. The van der Waals surface area contributed by atoms with E-state index in [9.17, 15) is 9.59 Å². The number of carboxylic acid groups (broad SMARTS) is 1. The average Bonchev–Trinajstić information content (AvgIpc) is 2.10. The van der Waals surface area contributed by atoms with Gasteiger partial charge in [-0.2, -0.15) is 0 Å². The van der Waals surface area contributed by atoms with E-state index in [4.69, 9.17) is 5.11 Å². The first-order valence-electron chi connectivity index (χ1n) is 5.13. The van der Waals surface area contributed by atoms with Gasteiger partial charge < -0.3 is 10.4 Å². The molecule has 0 aliphatic heterocycles. The van der Waals surface area contributed by atoms with E-state index in [1.807, 2.05) is 20.8 Å². The summed E-state index contributed by atoms with van der Waals surface area (Å²) in [6.07, 6.45) is 2.85. The van der Waals surface area contributed by atoms with Crippen molar-refractivity contribution in [1.29, 1.82) is 0 Å². The van der Waals surface area contributed by atoms with Crippen LogP contribution in [-0.2, 0) is 9.59 Å². The van der Waals surface area contributed by atoms with Crippen LogP contribution in [0.15, 0.2) is 11.6 Å². The Morgan fingerprint density at radius 3 is 2.40 bits per heavy atom. The van der Waals surface area contributed by atoms with E-state index in [1.165, 1.54) is 6.08 Å². The molecule has 86 valence electrons. The Bertz CT molecular complexity index is 255. The second kappa shape index (κ2) is 7.04. The normalized spacial score (nSPS) is 11.7. The molecule has 0 aromatic rings. The van der Waals surface area contributed by atoms with Crippen LogP contribution in [0, 0.1) is 5.92 Å². The van der Waals surface area contributed by atoms with Gasteiger partial charge in [0.25, 0.3) is 0 Å². The fraction of sp³-hybridized carbons (Fsp3) is 0.636. The van der Waals surface area contributed by atoms with Crippen molar-refractivity contribution >= 4 is 11.9 Å². The zero-order valence-corrected chi connectivity index (χ0v) is 9.54. The smallest absolute Gasteiger partial charge is 0.308 e. The topological polar surface area (TPSA) is 66.4 Å². The Morgan fingerprint density at radius 2 is 2.00 bits per heavy atom. The summed E-state index contributed by atoms with van der Waals surface area (Å²) < 4.78 is 0. The van der Waals surface area contributed by atoms with Crippen molar-refractivity contribution < 1.29 is 14.7 Å². The number of aliphatic carboxylic acids is 1. The number of carboxylic acids is 1. The first kappa shape index (κ1) is 13.7. The van der Waals surface area contributed by atoms with Crippen molar-refractivity contribution in [3.8, 4) is 0 Å². The van der Waals surface area contributed by atoms with E-state index in [1.54, 1.807) is 0 Å². The molecule has 0 fully saturated rings. The second-order valence-electron chi connectivity index (χ2n) is 3.79. The summed E-state index contributed by atoms with van der Waals surface area (Å²) in [6, 6.07) is 0. The Kier molecular flexibility index (Phi) is 6.42. The maximum atomic E-state index is 11.2. The molecule has 0 spiro atoms. The minimum absolute atomic E-state index is 0.200. The van der Waals surface area contributed by atoms with Crippen LogP contribution in [-0.4, -0.2) is 23.5 Å². The van der Waals surface area contributed by atoms with Gasteiger partial charge in [-0.3, -0.25) is 9.59 Å². The highest BCUT2D eigenvalue weighted by Crippen LogP contribution is 2.04. The molecule has 0 aromatic heterocycles. The Balaban J connectivity index is 4.05. The molecule has 0 saturated carbocycles. The standard InChI is InChI=1S/C11H19NO3/c1-4-5-9(11(14)15)7-12-10(13)6-8(2)3/h6,9H,4-5,7H2,1-3H3,(H,12,13)(H,14,15). The van der Waals surface area contributed by atoms with Crippen molar-refractivity contribution in [2.45, 2.75) is 33.6 Å². The highest BCUT2D eigenvalue weighted by atomic mass is 16.4. The minimum Gasteiger partial charge on any atom is -0.481 e. The molecule has 0 aliphatic rings. The molecular weight excluding hydrogens is 194 g/mol. The third-order valence-corrected chi connectivity index (χ3v) is 1.93. The molecule has 2 N–H and O–H groups in total. The maximum absolute atomic E-state index is 11.2. The van der Waals surface area contributed by atoms with E-state index >= 15 is 0 Å². The predicted molar refractivity (Wildman–Crippen MR) is 58.5 cm³/mol. The lowest BCUT2D eigenvalue weighted by molar-refractivity contribution is -0.141. The van der Waals surface area contributed by atoms with Crippen LogP contribution in [0.25, 0.3) is 0 Å². The second-order valence-corrected chi connectivity index (χ2v) is 3.79. The number of carbonyl (C=O) groups is 2. The Labute approximate surface area is 90.4 Å². The van der Waals surface area contributed by atoms with Gasteiger partial charge in [-0.15, -0.1) is 0 Å².